The Morgan fingerprint density at radius 3 is 2.61 bits per heavy atom. The largest absolute Gasteiger partial charge is 0.497 e. The molecule has 3 aromatic rings. The Morgan fingerprint density at radius 2 is 1.90 bits per heavy atom. The van der Waals surface area contributed by atoms with Gasteiger partial charge in [-0.3, -0.25) is 9.59 Å². The Kier molecular flexibility index (Phi) is 8.11. The molecule has 1 N–H and O–H groups in total. The number of nitrogens with one attached hydrogen (secondary N) is 1. The molecule has 0 radical (unpaired) electrons. The Labute approximate surface area is 186 Å². The van der Waals surface area contributed by atoms with E-state index in [1.165, 1.54) is 22.0 Å². The van der Waals surface area contributed by atoms with Crippen molar-refractivity contribution >= 4 is 23.2 Å². The first kappa shape index (κ1) is 22.9. The Balaban J connectivity index is 1.67. The lowest BCUT2D eigenvalue weighted by atomic mass is 10.1. The molecule has 166 valence electrons. The van der Waals surface area contributed by atoms with Crippen molar-refractivity contribution in [3.05, 3.63) is 46.5 Å². The Morgan fingerprint density at radius 1 is 1.16 bits per heavy atom. The zero-order chi connectivity index (χ0) is 22.2. The summed E-state index contributed by atoms with van der Waals surface area (Å²) in [4.78, 5) is 25.2. The number of hydrogen-bond donors (Lipinski definition) is 1. The van der Waals surface area contributed by atoms with Gasteiger partial charge in [0.2, 0.25) is 5.91 Å². The van der Waals surface area contributed by atoms with Crippen molar-refractivity contribution in [2.45, 2.75) is 39.7 Å². The normalized spacial score (nSPS) is 11.1. The summed E-state index contributed by atoms with van der Waals surface area (Å²) in [6, 6.07) is 9.18. The molecule has 0 saturated heterocycles. The van der Waals surface area contributed by atoms with Gasteiger partial charge >= 0.3 is 0 Å². The van der Waals surface area contributed by atoms with Gasteiger partial charge in [-0.2, -0.15) is 22.0 Å². The lowest BCUT2D eigenvalue weighted by molar-refractivity contribution is -0.121. The highest BCUT2D eigenvalue weighted by molar-refractivity contribution is 7.99. The summed E-state index contributed by atoms with van der Waals surface area (Å²) in [7, 11) is 1.61. The van der Waals surface area contributed by atoms with Crippen molar-refractivity contribution in [2.75, 3.05) is 25.2 Å². The van der Waals surface area contributed by atoms with Crippen LogP contribution in [0, 0.1) is 6.92 Å². The van der Waals surface area contributed by atoms with E-state index in [1.54, 1.807) is 20.1 Å². The van der Waals surface area contributed by atoms with Crippen molar-refractivity contribution in [1.29, 1.82) is 0 Å². The number of unbranched alkanes of at least 4 members (excludes halogenated alkanes) is 1. The van der Waals surface area contributed by atoms with Gasteiger partial charge in [0.05, 0.1) is 12.8 Å². The minimum absolute atomic E-state index is 0.109. The second-order valence-corrected chi connectivity index (χ2v) is 8.46. The van der Waals surface area contributed by atoms with E-state index in [0.717, 1.165) is 29.2 Å². The van der Waals surface area contributed by atoms with E-state index < -0.39 is 0 Å². The minimum Gasteiger partial charge on any atom is -0.497 e. The van der Waals surface area contributed by atoms with Crippen LogP contribution in [0.2, 0.25) is 0 Å². The van der Waals surface area contributed by atoms with Gasteiger partial charge in [0.15, 0.2) is 0 Å². The highest BCUT2D eigenvalue weighted by Crippen LogP contribution is 2.21. The topological polar surface area (TPSA) is 90.5 Å². The quantitative estimate of drug-likeness (QED) is 0.458. The zero-order valence-corrected chi connectivity index (χ0v) is 19.1. The van der Waals surface area contributed by atoms with Gasteiger partial charge in [-0.15, -0.1) is 0 Å². The van der Waals surface area contributed by atoms with Gasteiger partial charge in [0.1, 0.15) is 23.6 Å². The van der Waals surface area contributed by atoms with Gasteiger partial charge in [0.25, 0.3) is 5.56 Å². The molecule has 0 fully saturated rings. The van der Waals surface area contributed by atoms with Gasteiger partial charge in [-0.25, -0.2) is 9.20 Å². The van der Waals surface area contributed by atoms with E-state index in [0.29, 0.717) is 23.6 Å². The summed E-state index contributed by atoms with van der Waals surface area (Å²) in [5.41, 5.74) is 1.57. The third-order valence-corrected chi connectivity index (χ3v) is 6.00. The number of aryl methyl sites for hydroxylation is 1. The minimum atomic E-state index is -0.344. The van der Waals surface area contributed by atoms with Crippen LogP contribution in [0.25, 0.3) is 16.8 Å². The van der Waals surface area contributed by atoms with Crippen LogP contribution in [-0.2, 0) is 11.3 Å². The lowest BCUT2D eigenvalue weighted by Crippen LogP contribution is -2.35. The molecule has 2 aromatic heterocycles. The molecular formula is C22H29N5O3S. The van der Waals surface area contributed by atoms with E-state index >= 15 is 0 Å². The molecule has 3 rings (SSSR count). The monoisotopic (exact) mass is 443 g/mol. The number of carbonyl (C=O) groups is 1. The van der Waals surface area contributed by atoms with Crippen molar-refractivity contribution in [3.8, 4) is 17.0 Å². The smallest absolute Gasteiger partial charge is 0.293 e. The molecule has 0 aliphatic rings. The second kappa shape index (κ2) is 11.0. The molecule has 0 spiro atoms. The van der Waals surface area contributed by atoms with Crippen LogP contribution in [0.15, 0.2) is 35.1 Å². The van der Waals surface area contributed by atoms with Crippen LogP contribution < -0.4 is 15.6 Å². The van der Waals surface area contributed by atoms with Crippen molar-refractivity contribution in [2.24, 2.45) is 0 Å². The van der Waals surface area contributed by atoms with E-state index in [2.05, 4.69) is 22.4 Å². The maximum atomic E-state index is 12.9. The average Bonchev–Trinajstić information content (AvgIpc) is 3.23. The van der Waals surface area contributed by atoms with Crippen molar-refractivity contribution in [1.82, 2.24) is 24.7 Å². The van der Waals surface area contributed by atoms with Crippen LogP contribution in [0.4, 0.5) is 0 Å². The van der Waals surface area contributed by atoms with Crippen LogP contribution in [0.1, 0.15) is 32.0 Å². The predicted molar refractivity (Wildman–Crippen MR) is 124 cm³/mol. The number of rotatable bonds is 11. The maximum Gasteiger partial charge on any atom is 0.293 e. The molecular weight excluding hydrogens is 414 g/mol. The Bertz CT molecular complexity index is 1080. The number of methoxy groups -OCH3 is 1. The Hall–Kier alpha value is -2.81. The molecule has 8 nitrogen and oxygen atoms in total. The summed E-state index contributed by atoms with van der Waals surface area (Å²) in [6.45, 7) is 4.43. The third kappa shape index (κ3) is 5.88. The summed E-state index contributed by atoms with van der Waals surface area (Å²) in [6.07, 6.45) is 3.34. The van der Waals surface area contributed by atoms with Gasteiger partial charge in [-0.1, -0.05) is 13.3 Å². The number of fused-ring (bicyclic) bond motifs is 1. The van der Waals surface area contributed by atoms with E-state index in [4.69, 9.17) is 4.74 Å². The second-order valence-electron chi connectivity index (χ2n) is 7.23. The fourth-order valence-electron chi connectivity index (χ4n) is 3.13. The number of aromatic nitrogens is 4. The molecule has 0 bridgehead atoms. The number of ether oxygens (including phenoxy) is 1. The van der Waals surface area contributed by atoms with Crippen LogP contribution in [0.3, 0.4) is 0 Å². The molecule has 2 heterocycles. The highest BCUT2D eigenvalue weighted by Gasteiger charge is 2.14. The van der Waals surface area contributed by atoms with Crippen LogP contribution >= 0.6 is 11.8 Å². The summed E-state index contributed by atoms with van der Waals surface area (Å²) in [5.74, 6) is 3.25. The molecule has 1 amide bonds. The summed E-state index contributed by atoms with van der Waals surface area (Å²) in [5, 5.41) is 11.7. The zero-order valence-electron chi connectivity index (χ0n) is 18.3. The van der Waals surface area contributed by atoms with Gasteiger partial charge in [0, 0.05) is 12.1 Å². The standard InChI is InChI=1S/C22H29N5O3S/c1-4-5-12-31-13-6-11-23-21(28)15-26-22(29)20-14-19(25-27(20)16(2)24-26)17-7-9-18(30-3)10-8-17/h7-10,14H,4-6,11-13,15H2,1-3H3,(H,23,28). The van der Waals surface area contributed by atoms with Gasteiger partial charge in [-0.05, 0) is 61.6 Å². The van der Waals surface area contributed by atoms with E-state index in [9.17, 15) is 9.59 Å². The number of hydrogen-bond acceptors (Lipinski definition) is 6. The fraction of sp³-hybridized carbons (Fsp3) is 0.455. The maximum absolute atomic E-state index is 12.9. The first-order valence-electron chi connectivity index (χ1n) is 10.5. The third-order valence-electron chi connectivity index (χ3n) is 4.84. The summed E-state index contributed by atoms with van der Waals surface area (Å²) < 4.78 is 7.91. The SMILES string of the molecule is CCCCSCCCNC(=O)Cn1nc(C)n2nc(-c3ccc(OC)cc3)cc2c1=O. The predicted octanol–water partition coefficient (Wildman–Crippen LogP) is 2.91. The van der Waals surface area contributed by atoms with E-state index in [1.807, 2.05) is 36.0 Å². The van der Waals surface area contributed by atoms with Crippen molar-refractivity contribution in [3.63, 3.8) is 0 Å². The number of thioether (sulfide) groups is 1. The molecule has 9 heteroatoms. The first-order valence-corrected chi connectivity index (χ1v) is 11.6. The summed E-state index contributed by atoms with van der Waals surface area (Å²) >= 11 is 1.91. The number of nitrogens with zero attached hydrogens (tertiary/aromatic N) is 4. The van der Waals surface area contributed by atoms with Crippen LogP contribution in [0.5, 0.6) is 5.75 Å². The van der Waals surface area contributed by atoms with Crippen LogP contribution in [-0.4, -0.2) is 50.5 Å². The molecule has 1 aromatic carbocycles. The number of amides is 1. The van der Waals surface area contributed by atoms with Gasteiger partial charge < -0.3 is 10.1 Å². The average molecular weight is 444 g/mol. The molecule has 0 saturated carbocycles. The molecule has 0 aliphatic carbocycles. The first-order chi connectivity index (χ1) is 15.0. The highest BCUT2D eigenvalue weighted by atomic mass is 32.2. The number of carbonyl (C=O) groups excluding carboxylic acids is 1. The number of benzene rings is 1. The molecule has 31 heavy (non-hydrogen) atoms. The fourth-order valence-corrected chi connectivity index (χ4v) is 4.17. The molecule has 0 aliphatic heterocycles. The molecule has 0 unspecified atom stereocenters. The van der Waals surface area contributed by atoms with Crippen molar-refractivity contribution < 1.29 is 9.53 Å². The van der Waals surface area contributed by atoms with E-state index in [-0.39, 0.29) is 18.0 Å². The molecule has 0 atom stereocenters. The lowest BCUT2D eigenvalue weighted by Gasteiger charge is -2.08.